The van der Waals surface area contributed by atoms with Crippen molar-refractivity contribution in [1.29, 1.82) is 0 Å². The van der Waals surface area contributed by atoms with E-state index in [9.17, 15) is 9.59 Å². The van der Waals surface area contributed by atoms with Crippen molar-refractivity contribution in [2.24, 2.45) is 0 Å². The summed E-state index contributed by atoms with van der Waals surface area (Å²) in [4.78, 5) is 22.7. The molecule has 0 bridgehead atoms. The first-order chi connectivity index (χ1) is 6.70. The Labute approximate surface area is 89.4 Å². The largest absolute Gasteiger partial charge is 0.271 e. The summed E-state index contributed by atoms with van der Waals surface area (Å²) in [7, 11) is 0. The molecule has 0 radical (unpaired) electrons. The van der Waals surface area contributed by atoms with Crippen LogP contribution < -0.4 is 0 Å². The molecule has 4 heteroatoms. The Balaban J connectivity index is 2.43. The zero-order valence-electron chi connectivity index (χ0n) is 7.11. The van der Waals surface area contributed by atoms with Gasteiger partial charge in [0.05, 0.1) is 21.7 Å². The van der Waals surface area contributed by atoms with Gasteiger partial charge in [-0.1, -0.05) is 30.3 Å². The van der Waals surface area contributed by atoms with Gasteiger partial charge in [-0.3, -0.25) is 9.59 Å². The highest BCUT2D eigenvalue weighted by atomic mass is 79.9. The maximum absolute atomic E-state index is 11.5. The van der Waals surface area contributed by atoms with Crippen LogP contribution in [-0.4, -0.2) is 15.7 Å². The fourth-order valence-corrected chi connectivity index (χ4v) is 1.57. The molecular formula is C10H6BrNO2. The van der Waals surface area contributed by atoms with Gasteiger partial charge in [0.1, 0.15) is 0 Å². The van der Waals surface area contributed by atoms with Gasteiger partial charge in [0.2, 0.25) is 0 Å². The number of benzene rings is 1. The zero-order chi connectivity index (χ0) is 10.1. The summed E-state index contributed by atoms with van der Waals surface area (Å²) < 4.78 is 0.926. The van der Waals surface area contributed by atoms with Crippen molar-refractivity contribution < 1.29 is 9.59 Å². The monoisotopic (exact) mass is 251 g/mol. The minimum atomic E-state index is -0.339. The molecule has 1 heterocycles. The molecular weight excluding hydrogens is 246 g/mol. The first kappa shape index (κ1) is 9.15. The number of amides is 2. The minimum Gasteiger partial charge on any atom is -0.268 e. The van der Waals surface area contributed by atoms with Gasteiger partial charge in [-0.05, 0) is 5.56 Å². The Kier molecular flexibility index (Phi) is 2.21. The van der Waals surface area contributed by atoms with Crippen molar-refractivity contribution in [3.63, 3.8) is 0 Å². The fraction of sp³-hybridized carbons (Fsp3) is 0. The fourth-order valence-electron chi connectivity index (χ4n) is 1.27. The van der Waals surface area contributed by atoms with E-state index in [0.717, 1.165) is 9.49 Å². The summed E-state index contributed by atoms with van der Waals surface area (Å²) in [5.41, 5.74) is 1.18. The minimum absolute atomic E-state index is 0.318. The number of hydrogen-bond donors (Lipinski definition) is 0. The number of halogens is 1. The van der Waals surface area contributed by atoms with Crippen LogP contribution in [-0.2, 0) is 9.59 Å². The smallest absolute Gasteiger partial charge is 0.268 e. The van der Waals surface area contributed by atoms with Crippen LogP contribution in [0.4, 0.5) is 0 Å². The Bertz CT molecular complexity index is 425. The van der Waals surface area contributed by atoms with Gasteiger partial charge in [-0.25, -0.2) is 3.93 Å². The Morgan fingerprint density at radius 1 is 1.07 bits per heavy atom. The molecule has 0 unspecified atom stereocenters. The van der Waals surface area contributed by atoms with Gasteiger partial charge in [0.15, 0.2) is 0 Å². The van der Waals surface area contributed by atoms with Crippen molar-refractivity contribution in [3.8, 4) is 0 Å². The molecule has 2 rings (SSSR count). The molecule has 70 valence electrons. The molecule has 2 amide bonds. The van der Waals surface area contributed by atoms with Crippen molar-refractivity contribution in [3.05, 3.63) is 42.0 Å². The summed E-state index contributed by atoms with van der Waals surface area (Å²) in [6, 6.07) is 9.10. The van der Waals surface area contributed by atoms with E-state index < -0.39 is 0 Å². The SMILES string of the molecule is O=C1C=C(c2ccccc2)C(=O)N1Br. The highest BCUT2D eigenvalue weighted by molar-refractivity contribution is 9.08. The van der Waals surface area contributed by atoms with Gasteiger partial charge in [0.25, 0.3) is 11.8 Å². The second kappa shape index (κ2) is 3.38. The normalized spacial score (nSPS) is 16.1. The van der Waals surface area contributed by atoms with Crippen molar-refractivity contribution in [1.82, 2.24) is 3.93 Å². The van der Waals surface area contributed by atoms with E-state index in [4.69, 9.17) is 0 Å². The highest BCUT2D eigenvalue weighted by Crippen LogP contribution is 2.24. The van der Waals surface area contributed by atoms with E-state index in [-0.39, 0.29) is 11.8 Å². The van der Waals surface area contributed by atoms with Crippen LogP contribution in [0.5, 0.6) is 0 Å². The molecule has 0 spiro atoms. The van der Waals surface area contributed by atoms with E-state index in [0.29, 0.717) is 5.57 Å². The lowest BCUT2D eigenvalue weighted by Gasteiger charge is -2.03. The number of hydrogen-bond acceptors (Lipinski definition) is 2. The summed E-state index contributed by atoms with van der Waals surface area (Å²) in [6.07, 6.45) is 1.33. The van der Waals surface area contributed by atoms with E-state index in [1.807, 2.05) is 18.2 Å². The van der Waals surface area contributed by atoms with Gasteiger partial charge < -0.3 is 0 Å². The molecule has 1 aromatic carbocycles. The molecule has 1 aliphatic rings. The highest BCUT2D eigenvalue weighted by Gasteiger charge is 2.29. The maximum Gasteiger partial charge on any atom is 0.271 e. The van der Waals surface area contributed by atoms with Crippen LogP contribution in [0.2, 0.25) is 0 Å². The zero-order valence-corrected chi connectivity index (χ0v) is 8.69. The van der Waals surface area contributed by atoms with E-state index in [1.165, 1.54) is 6.08 Å². The molecule has 0 N–H and O–H groups in total. The maximum atomic E-state index is 11.5. The summed E-state index contributed by atoms with van der Waals surface area (Å²) in [5.74, 6) is -0.657. The Morgan fingerprint density at radius 3 is 2.21 bits per heavy atom. The third-order valence-electron chi connectivity index (χ3n) is 1.95. The van der Waals surface area contributed by atoms with Crippen molar-refractivity contribution >= 4 is 33.5 Å². The van der Waals surface area contributed by atoms with Gasteiger partial charge in [-0.15, -0.1) is 0 Å². The molecule has 0 aromatic heterocycles. The summed E-state index contributed by atoms with van der Waals surface area (Å²) in [5, 5.41) is 0. The second-order valence-corrected chi connectivity index (χ2v) is 3.56. The third kappa shape index (κ3) is 1.37. The number of carbonyl (C=O) groups excluding carboxylic acids is 2. The molecule has 0 saturated heterocycles. The average molecular weight is 252 g/mol. The number of rotatable bonds is 1. The second-order valence-electron chi connectivity index (χ2n) is 2.85. The molecule has 14 heavy (non-hydrogen) atoms. The number of carbonyl (C=O) groups is 2. The van der Waals surface area contributed by atoms with Crippen LogP contribution in [0, 0.1) is 0 Å². The Hall–Kier alpha value is -1.42. The topological polar surface area (TPSA) is 37.4 Å². The predicted molar refractivity (Wildman–Crippen MR) is 55.2 cm³/mol. The van der Waals surface area contributed by atoms with Crippen molar-refractivity contribution in [2.45, 2.75) is 0 Å². The molecule has 0 saturated carbocycles. The number of imide groups is 1. The average Bonchev–Trinajstić information content (AvgIpc) is 2.47. The van der Waals surface area contributed by atoms with E-state index >= 15 is 0 Å². The van der Waals surface area contributed by atoms with Gasteiger partial charge >= 0.3 is 0 Å². The van der Waals surface area contributed by atoms with Crippen LogP contribution in [0.15, 0.2) is 36.4 Å². The standard InChI is InChI=1S/C10H6BrNO2/c11-12-9(13)6-8(10(12)14)7-4-2-1-3-5-7/h1-6H. The lowest BCUT2D eigenvalue weighted by Crippen LogP contribution is -2.19. The lowest BCUT2D eigenvalue weighted by molar-refractivity contribution is -0.129. The van der Waals surface area contributed by atoms with Crippen LogP contribution in [0.3, 0.4) is 0 Å². The van der Waals surface area contributed by atoms with Crippen LogP contribution in [0.1, 0.15) is 5.56 Å². The van der Waals surface area contributed by atoms with E-state index in [1.54, 1.807) is 12.1 Å². The van der Waals surface area contributed by atoms with Crippen LogP contribution >= 0.6 is 16.1 Å². The molecule has 0 atom stereocenters. The first-order valence-electron chi connectivity index (χ1n) is 4.01. The lowest BCUT2D eigenvalue weighted by atomic mass is 10.1. The van der Waals surface area contributed by atoms with Gasteiger partial charge in [0, 0.05) is 6.08 Å². The summed E-state index contributed by atoms with van der Waals surface area (Å²) in [6.45, 7) is 0. The molecule has 1 aromatic rings. The molecule has 1 aliphatic heterocycles. The molecule has 0 aliphatic carbocycles. The van der Waals surface area contributed by atoms with Crippen molar-refractivity contribution in [2.75, 3.05) is 0 Å². The molecule has 3 nitrogen and oxygen atoms in total. The Morgan fingerprint density at radius 2 is 1.71 bits per heavy atom. The van der Waals surface area contributed by atoms with E-state index in [2.05, 4.69) is 16.1 Å². The predicted octanol–water partition coefficient (Wildman–Crippen LogP) is 1.75. The van der Waals surface area contributed by atoms with Crippen LogP contribution in [0.25, 0.3) is 5.57 Å². The van der Waals surface area contributed by atoms with Gasteiger partial charge in [-0.2, -0.15) is 0 Å². The quantitative estimate of drug-likeness (QED) is 0.564. The first-order valence-corrected chi connectivity index (χ1v) is 4.72. The molecule has 0 fully saturated rings. The summed E-state index contributed by atoms with van der Waals surface area (Å²) >= 11 is 2.89. The number of nitrogens with zero attached hydrogens (tertiary/aromatic N) is 1. The third-order valence-corrected chi connectivity index (χ3v) is 2.63.